The van der Waals surface area contributed by atoms with Gasteiger partial charge < -0.3 is 4.57 Å². The smallest absolute Gasteiger partial charge is 0.240 e. The summed E-state index contributed by atoms with van der Waals surface area (Å²) in [5.41, 5.74) is 9.89. The Morgan fingerprint density at radius 2 is 0.966 bits per heavy atom. The zero-order chi connectivity index (χ0) is 38.6. The third kappa shape index (κ3) is 5.42. The second kappa shape index (κ2) is 13.7. The molecule has 0 saturated heterocycles. The van der Waals surface area contributed by atoms with Crippen LogP contribution in [0.3, 0.4) is 0 Å². The van der Waals surface area contributed by atoms with Crippen molar-refractivity contribution in [2.45, 2.75) is 0 Å². The van der Waals surface area contributed by atoms with Crippen LogP contribution >= 0.6 is 7.29 Å². The molecule has 274 valence electrons. The summed E-state index contributed by atoms with van der Waals surface area (Å²) in [6.45, 7) is 0. The summed E-state index contributed by atoms with van der Waals surface area (Å²) in [5.74, 6) is 1.33. The van der Waals surface area contributed by atoms with Crippen molar-refractivity contribution in [2.24, 2.45) is 0 Å². The van der Waals surface area contributed by atoms with Crippen molar-refractivity contribution in [3.05, 3.63) is 206 Å². The fourth-order valence-electron chi connectivity index (χ4n) is 8.36. The van der Waals surface area contributed by atoms with E-state index in [1.807, 2.05) is 114 Å². The minimum Gasteiger partial charge on any atom is -0.309 e. The van der Waals surface area contributed by atoms with Crippen LogP contribution in [0.4, 0.5) is 11.6 Å². The third-order valence-corrected chi connectivity index (χ3v) is 14.0. The van der Waals surface area contributed by atoms with Crippen LogP contribution in [0.1, 0.15) is 0 Å². The molecule has 1 aliphatic heterocycles. The van der Waals surface area contributed by atoms with Gasteiger partial charge in [-0.1, -0.05) is 146 Å². The molecule has 1 atom stereocenters. The maximum absolute atomic E-state index is 16.4. The molecule has 0 amide bonds. The molecule has 0 radical (unpaired) electrons. The number of para-hydroxylation sites is 2. The van der Waals surface area contributed by atoms with E-state index in [9.17, 15) is 0 Å². The Morgan fingerprint density at radius 1 is 0.414 bits per heavy atom. The lowest BCUT2D eigenvalue weighted by atomic mass is 9.96. The van der Waals surface area contributed by atoms with Gasteiger partial charge in [-0.3, -0.25) is 9.24 Å². The summed E-state index contributed by atoms with van der Waals surface area (Å²) in [7, 11) is -3.64. The van der Waals surface area contributed by atoms with E-state index in [4.69, 9.17) is 15.0 Å². The number of hydrogen-bond donors (Lipinski definition) is 0. The molecule has 0 saturated carbocycles. The first-order valence-corrected chi connectivity index (χ1v) is 21.0. The van der Waals surface area contributed by atoms with Gasteiger partial charge in [-0.05, 0) is 77.4 Å². The number of hydrogen-bond acceptors (Lipinski definition) is 4. The van der Waals surface area contributed by atoms with Gasteiger partial charge in [0.25, 0.3) is 0 Å². The van der Waals surface area contributed by atoms with Crippen molar-refractivity contribution in [1.29, 1.82) is 0 Å². The monoisotopic (exact) mass is 763 g/mol. The summed E-state index contributed by atoms with van der Waals surface area (Å²) in [4.78, 5) is 15.3. The molecule has 10 aromatic rings. The maximum atomic E-state index is 16.4. The predicted octanol–water partition coefficient (Wildman–Crippen LogP) is 12.0. The zero-order valence-electron chi connectivity index (χ0n) is 31.2. The Morgan fingerprint density at radius 3 is 1.67 bits per heavy atom. The lowest BCUT2D eigenvalue weighted by molar-refractivity contribution is 0.586. The van der Waals surface area contributed by atoms with Crippen molar-refractivity contribution in [2.75, 3.05) is 4.67 Å². The molecule has 2 aromatic heterocycles. The Labute approximate surface area is 335 Å². The number of benzene rings is 8. The SMILES string of the molecule is O=P1(c2ccccc2)c2ccccc2-c2cc(-c3ccc4c(c3)c3ccccc3n4-c3ccccc3)ccc2N1c1nc(-c2ccccc2)nc(-c2ccccc2)n1. The molecule has 8 aromatic carbocycles. The standard InChI is InChI=1S/C51H34N5OP/c57-58(40-23-11-4-12-24-40)48-28-16-14-26-42(48)44-34-38(37-29-31-46-43(33-37)41-25-13-15-27-45(41)55(46)39-21-9-3-10-22-39)30-32-47(44)56(58)51-53-49(35-17-5-1-6-18-35)52-50(54-51)36-19-7-2-8-20-36/h1-34H. The molecule has 0 fully saturated rings. The average Bonchev–Trinajstić information content (AvgIpc) is 3.64. The summed E-state index contributed by atoms with van der Waals surface area (Å²) >= 11 is 0. The molecule has 1 aliphatic rings. The molecule has 0 aliphatic carbocycles. The fourth-order valence-corrected chi connectivity index (χ4v) is 11.3. The summed E-state index contributed by atoms with van der Waals surface area (Å²) < 4.78 is 20.6. The normalized spacial score (nSPS) is 14.7. The molecular weight excluding hydrogens is 730 g/mol. The molecular formula is C51H34N5OP. The number of rotatable bonds is 6. The van der Waals surface area contributed by atoms with Crippen molar-refractivity contribution in [3.63, 3.8) is 0 Å². The Balaban J connectivity index is 1.15. The maximum Gasteiger partial charge on any atom is 0.240 e. The second-order valence-electron chi connectivity index (χ2n) is 14.4. The number of aromatic nitrogens is 4. The highest BCUT2D eigenvalue weighted by atomic mass is 31.2. The van der Waals surface area contributed by atoms with Crippen molar-refractivity contribution in [1.82, 2.24) is 19.5 Å². The van der Waals surface area contributed by atoms with Gasteiger partial charge in [0.05, 0.1) is 16.7 Å². The van der Waals surface area contributed by atoms with Crippen LogP contribution in [0.25, 0.3) is 72.5 Å². The van der Waals surface area contributed by atoms with Crippen LogP contribution in [-0.2, 0) is 4.57 Å². The molecule has 7 heteroatoms. The van der Waals surface area contributed by atoms with Crippen molar-refractivity contribution in [3.8, 4) is 50.7 Å². The molecule has 0 spiro atoms. The molecule has 3 heterocycles. The van der Waals surface area contributed by atoms with Gasteiger partial charge in [-0.2, -0.15) is 9.97 Å². The van der Waals surface area contributed by atoms with E-state index in [1.54, 1.807) is 0 Å². The average molecular weight is 764 g/mol. The number of fused-ring (bicyclic) bond motifs is 6. The molecule has 0 bridgehead atoms. The highest BCUT2D eigenvalue weighted by Gasteiger charge is 2.44. The van der Waals surface area contributed by atoms with Gasteiger partial charge >= 0.3 is 0 Å². The van der Waals surface area contributed by atoms with Crippen LogP contribution in [0.2, 0.25) is 0 Å². The van der Waals surface area contributed by atoms with E-state index in [0.29, 0.717) is 22.9 Å². The lowest BCUT2D eigenvalue weighted by Gasteiger charge is -2.39. The molecule has 58 heavy (non-hydrogen) atoms. The topological polar surface area (TPSA) is 63.9 Å². The largest absolute Gasteiger partial charge is 0.309 e. The van der Waals surface area contributed by atoms with Gasteiger partial charge in [0.1, 0.15) is 0 Å². The second-order valence-corrected chi connectivity index (χ2v) is 17.0. The van der Waals surface area contributed by atoms with Crippen LogP contribution in [0.15, 0.2) is 206 Å². The zero-order valence-corrected chi connectivity index (χ0v) is 32.1. The van der Waals surface area contributed by atoms with E-state index in [-0.39, 0.29) is 0 Å². The van der Waals surface area contributed by atoms with Gasteiger partial charge in [-0.25, -0.2) is 4.98 Å². The highest BCUT2D eigenvalue weighted by Crippen LogP contribution is 2.61. The Kier molecular flexibility index (Phi) is 7.98. The molecule has 6 nitrogen and oxygen atoms in total. The van der Waals surface area contributed by atoms with Crippen LogP contribution < -0.4 is 15.3 Å². The van der Waals surface area contributed by atoms with Crippen LogP contribution in [-0.4, -0.2) is 19.5 Å². The number of nitrogens with zero attached hydrogens (tertiary/aromatic N) is 5. The predicted molar refractivity (Wildman–Crippen MR) is 238 cm³/mol. The van der Waals surface area contributed by atoms with E-state index in [0.717, 1.165) is 61.1 Å². The van der Waals surface area contributed by atoms with E-state index in [1.165, 1.54) is 10.8 Å². The Bertz CT molecular complexity index is 3150. The fraction of sp³-hybridized carbons (Fsp3) is 0. The summed E-state index contributed by atoms with van der Waals surface area (Å²) in [6, 6.07) is 69.9. The molecule has 11 rings (SSSR count). The van der Waals surface area contributed by atoms with Gasteiger partial charge in [0, 0.05) is 43.8 Å². The first-order chi connectivity index (χ1) is 28.6. The minimum absolute atomic E-state index is 0.318. The minimum atomic E-state index is -3.64. The van der Waals surface area contributed by atoms with Gasteiger partial charge in [0.2, 0.25) is 13.2 Å². The van der Waals surface area contributed by atoms with E-state index in [2.05, 4.69) is 102 Å². The highest BCUT2D eigenvalue weighted by molar-refractivity contribution is 7.80. The summed E-state index contributed by atoms with van der Waals surface area (Å²) in [6.07, 6.45) is 0. The molecule has 1 unspecified atom stereocenters. The van der Waals surface area contributed by atoms with Crippen LogP contribution in [0.5, 0.6) is 0 Å². The Hall–Kier alpha value is -7.40. The third-order valence-electron chi connectivity index (χ3n) is 11.0. The first kappa shape index (κ1) is 33.9. The number of anilines is 2. The quantitative estimate of drug-likeness (QED) is 0.158. The van der Waals surface area contributed by atoms with Crippen molar-refractivity contribution < 1.29 is 4.57 Å². The summed E-state index contributed by atoms with van der Waals surface area (Å²) in [5, 5.41) is 3.80. The van der Waals surface area contributed by atoms with Gasteiger partial charge in [0.15, 0.2) is 11.6 Å². The van der Waals surface area contributed by atoms with Gasteiger partial charge in [-0.15, -0.1) is 0 Å². The lowest BCUT2D eigenvalue weighted by Crippen LogP contribution is -2.34. The molecule has 0 N–H and O–H groups in total. The van der Waals surface area contributed by atoms with E-state index >= 15 is 4.57 Å². The first-order valence-electron chi connectivity index (χ1n) is 19.3. The van der Waals surface area contributed by atoms with Crippen molar-refractivity contribution >= 4 is 51.3 Å². The van der Waals surface area contributed by atoms with Crippen LogP contribution in [0, 0.1) is 0 Å². The van der Waals surface area contributed by atoms with E-state index < -0.39 is 7.29 Å².